The molecule has 8 heteroatoms. The topological polar surface area (TPSA) is 91.3 Å². The van der Waals surface area contributed by atoms with Crippen molar-refractivity contribution in [2.24, 2.45) is 0 Å². The Hall–Kier alpha value is -1.03. The molecule has 1 N–H and O–H groups in total. The zero-order chi connectivity index (χ0) is 15.9. The van der Waals surface area contributed by atoms with Crippen molar-refractivity contribution >= 4 is 10.1 Å². The first-order chi connectivity index (χ1) is 10.4. The Morgan fingerprint density at radius 1 is 1.23 bits per heavy atom. The lowest BCUT2D eigenvalue weighted by Crippen LogP contribution is -2.56. The predicted molar refractivity (Wildman–Crippen MR) is 74.7 cm³/mol. The van der Waals surface area contributed by atoms with Gasteiger partial charge in [-0.15, -0.1) is 0 Å². The van der Waals surface area contributed by atoms with E-state index in [0.29, 0.717) is 0 Å². The molecule has 22 heavy (non-hydrogen) atoms. The average molecular weight is 330 g/mol. The number of methoxy groups -OCH3 is 1. The SMILES string of the molecule is CO[C@H]1[C@@H](O)[C@H](OS(=O)(=O)c2ccc(C)cc2)[C@H]2OC[C@H]1O2. The minimum atomic E-state index is -4.04. The molecule has 2 aliphatic rings. The van der Waals surface area contributed by atoms with Gasteiger partial charge in [-0.25, -0.2) is 0 Å². The van der Waals surface area contributed by atoms with Crippen LogP contribution < -0.4 is 0 Å². The Kier molecular flexibility index (Phi) is 4.23. The molecule has 2 bridgehead atoms. The summed E-state index contributed by atoms with van der Waals surface area (Å²) in [4.78, 5) is 0.0133. The van der Waals surface area contributed by atoms with Crippen LogP contribution in [-0.2, 0) is 28.5 Å². The van der Waals surface area contributed by atoms with Gasteiger partial charge in [-0.3, -0.25) is 4.18 Å². The molecule has 0 radical (unpaired) electrons. The van der Waals surface area contributed by atoms with Gasteiger partial charge in [0.15, 0.2) is 12.4 Å². The molecule has 0 spiro atoms. The second-order valence-electron chi connectivity index (χ2n) is 5.40. The van der Waals surface area contributed by atoms with Crippen molar-refractivity contribution in [3.05, 3.63) is 29.8 Å². The van der Waals surface area contributed by atoms with E-state index in [0.717, 1.165) is 5.56 Å². The van der Waals surface area contributed by atoms with Gasteiger partial charge in [0.1, 0.15) is 18.3 Å². The lowest BCUT2D eigenvalue weighted by atomic mass is 10.0. The Labute approximate surface area is 128 Å². The van der Waals surface area contributed by atoms with E-state index in [2.05, 4.69) is 0 Å². The fraction of sp³-hybridized carbons (Fsp3) is 0.571. The van der Waals surface area contributed by atoms with E-state index < -0.39 is 40.8 Å². The van der Waals surface area contributed by atoms with E-state index in [-0.39, 0.29) is 11.5 Å². The van der Waals surface area contributed by atoms with Gasteiger partial charge in [0.2, 0.25) is 0 Å². The number of benzene rings is 1. The molecule has 1 aromatic carbocycles. The molecular weight excluding hydrogens is 312 g/mol. The van der Waals surface area contributed by atoms with Gasteiger partial charge in [-0.05, 0) is 19.1 Å². The highest BCUT2D eigenvalue weighted by Crippen LogP contribution is 2.33. The molecule has 2 heterocycles. The minimum Gasteiger partial charge on any atom is -0.387 e. The number of hydrogen-bond donors (Lipinski definition) is 1. The molecule has 0 aromatic heterocycles. The highest BCUT2D eigenvalue weighted by atomic mass is 32.2. The van der Waals surface area contributed by atoms with Gasteiger partial charge in [0, 0.05) is 7.11 Å². The van der Waals surface area contributed by atoms with E-state index in [1.54, 1.807) is 12.1 Å². The monoisotopic (exact) mass is 330 g/mol. The predicted octanol–water partition coefficient (Wildman–Crippen LogP) is 0.200. The normalized spacial score (nSPS) is 34.8. The number of ether oxygens (including phenoxy) is 3. The van der Waals surface area contributed by atoms with Crippen LogP contribution in [0.3, 0.4) is 0 Å². The molecule has 122 valence electrons. The zero-order valence-electron chi connectivity index (χ0n) is 12.2. The second kappa shape index (κ2) is 5.88. The van der Waals surface area contributed by atoms with Crippen LogP contribution in [0.2, 0.25) is 0 Å². The van der Waals surface area contributed by atoms with Crippen LogP contribution in [-0.4, -0.2) is 57.9 Å². The van der Waals surface area contributed by atoms with E-state index >= 15 is 0 Å². The lowest BCUT2D eigenvalue weighted by molar-refractivity contribution is -0.225. The summed E-state index contributed by atoms with van der Waals surface area (Å²) >= 11 is 0. The molecule has 7 nitrogen and oxygen atoms in total. The summed E-state index contributed by atoms with van der Waals surface area (Å²) < 4.78 is 45.9. The average Bonchev–Trinajstić information content (AvgIpc) is 2.91. The van der Waals surface area contributed by atoms with Crippen LogP contribution in [0.5, 0.6) is 0 Å². The first-order valence-corrected chi connectivity index (χ1v) is 8.31. The van der Waals surface area contributed by atoms with Crippen LogP contribution in [0.1, 0.15) is 5.56 Å². The molecule has 3 rings (SSSR count). The third-order valence-corrected chi connectivity index (χ3v) is 5.19. The molecule has 2 aliphatic heterocycles. The number of rotatable bonds is 4. The van der Waals surface area contributed by atoms with Gasteiger partial charge in [-0.2, -0.15) is 8.42 Å². The van der Waals surface area contributed by atoms with Gasteiger partial charge in [0.05, 0.1) is 11.5 Å². The first kappa shape index (κ1) is 15.9. The van der Waals surface area contributed by atoms with Gasteiger partial charge < -0.3 is 19.3 Å². The molecule has 2 saturated heterocycles. The summed E-state index contributed by atoms with van der Waals surface area (Å²) in [6, 6.07) is 6.24. The first-order valence-electron chi connectivity index (χ1n) is 6.90. The fourth-order valence-corrected chi connectivity index (χ4v) is 3.73. The highest BCUT2D eigenvalue weighted by Gasteiger charge is 2.52. The fourth-order valence-electron chi connectivity index (χ4n) is 2.65. The summed E-state index contributed by atoms with van der Waals surface area (Å²) in [7, 11) is -2.62. The summed E-state index contributed by atoms with van der Waals surface area (Å²) in [5, 5.41) is 10.3. The molecule has 0 amide bonds. The van der Waals surface area contributed by atoms with E-state index in [1.807, 2.05) is 6.92 Å². The van der Waals surface area contributed by atoms with E-state index in [9.17, 15) is 13.5 Å². The van der Waals surface area contributed by atoms with Crippen LogP contribution in [0, 0.1) is 6.92 Å². The van der Waals surface area contributed by atoms with Crippen LogP contribution in [0.4, 0.5) is 0 Å². The maximum atomic E-state index is 12.3. The number of aryl methyl sites for hydroxylation is 1. The minimum absolute atomic E-state index is 0.0133. The Balaban J connectivity index is 1.83. The van der Waals surface area contributed by atoms with Crippen molar-refractivity contribution in [1.29, 1.82) is 0 Å². The smallest absolute Gasteiger partial charge is 0.297 e. The third kappa shape index (κ3) is 2.78. The molecule has 0 saturated carbocycles. The number of hydrogen-bond acceptors (Lipinski definition) is 7. The van der Waals surface area contributed by atoms with E-state index in [4.69, 9.17) is 18.4 Å². The zero-order valence-corrected chi connectivity index (χ0v) is 13.0. The summed E-state index contributed by atoms with van der Waals surface area (Å²) in [6.45, 7) is 2.08. The maximum Gasteiger partial charge on any atom is 0.297 e. The van der Waals surface area contributed by atoms with Crippen molar-refractivity contribution in [3.63, 3.8) is 0 Å². The lowest BCUT2D eigenvalue weighted by Gasteiger charge is -2.36. The number of aliphatic hydroxyl groups is 1. The van der Waals surface area contributed by atoms with Crippen molar-refractivity contribution in [2.75, 3.05) is 13.7 Å². The highest BCUT2D eigenvalue weighted by molar-refractivity contribution is 7.86. The van der Waals surface area contributed by atoms with Crippen molar-refractivity contribution < 1.29 is 31.9 Å². The Bertz CT molecular complexity index is 627. The molecule has 0 unspecified atom stereocenters. The standard InChI is InChI=1S/C14H18O7S/c1-8-3-5-9(6-4-8)22(16,17)21-13-11(15)12(18-2)10-7-19-14(13)20-10/h3-6,10-15H,7H2,1-2H3/t10-,11-,12-,13+,14+/m1/s1. The summed E-state index contributed by atoms with van der Waals surface area (Å²) in [6.07, 6.45) is -4.37. The molecular formula is C14H18O7S. The van der Waals surface area contributed by atoms with Gasteiger partial charge >= 0.3 is 0 Å². The van der Waals surface area contributed by atoms with Crippen molar-refractivity contribution in [2.45, 2.75) is 42.5 Å². The summed E-state index contributed by atoms with van der Waals surface area (Å²) in [5.74, 6) is 0. The Morgan fingerprint density at radius 2 is 1.91 bits per heavy atom. The van der Waals surface area contributed by atoms with E-state index in [1.165, 1.54) is 19.2 Å². The van der Waals surface area contributed by atoms with Gasteiger partial charge in [0.25, 0.3) is 10.1 Å². The van der Waals surface area contributed by atoms with Crippen LogP contribution >= 0.6 is 0 Å². The molecule has 2 fully saturated rings. The molecule has 0 aliphatic carbocycles. The van der Waals surface area contributed by atoms with Gasteiger partial charge in [-0.1, -0.05) is 17.7 Å². The molecule has 1 aromatic rings. The second-order valence-corrected chi connectivity index (χ2v) is 6.97. The largest absolute Gasteiger partial charge is 0.387 e. The summed E-state index contributed by atoms with van der Waals surface area (Å²) in [5.41, 5.74) is 0.932. The van der Waals surface area contributed by atoms with Crippen LogP contribution in [0.15, 0.2) is 29.2 Å². The van der Waals surface area contributed by atoms with Crippen LogP contribution in [0.25, 0.3) is 0 Å². The number of aliphatic hydroxyl groups excluding tert-OH is 1. The quantitative estimate of drug-likeness (QED) is 0.789. The number of fused-ring (bicyclic) bond motifs is 2. The van der Waals surface area contributed by atoms with Crippen molar-refractivity contribution in [1.82, 2.24) is 0 Å². The van der Waals surface area contributed by atoms with Crippen molar-refractivity contribution in [3.8, 4) is 0 Å². The Morgan fingerprint density at radius 3 is 2.55 bits per heavy atom. The maximum absolute atomic E-state index is 12.3. The third-order valence-electron chi connectivity index (χ3n) is 3.86. The molecule has 5 atom stereocenters.